The number of halogens is 2. The van der Waals surface area contributed by atoms with Gasteiger partial charge in [0.25, 0.3) is 0 Å². The van der Waals surface area contributed by atoms with Crippen molar-refractivity contribution in [3.8, 4) is 0 Å². The molecule has 0 bridgehead atoms. The number of rotatable bonds is 3. The number of epoxide rings is 1. The third-order valence-corrected chi connectivity index (χ3v) is 3.62. The Labute approximate surface area is 120 Å². The first-order chi connectivity index (χ1) is 9.16. The largest absolute Gasteiger partial charge is 0.356 e. The number of hydrogen-bond donors (Lipinski definition) is 0. The number of ether oxygens (including phenoxy) is 1. The maximum absolute atomic E-state index is 12.3. The summed E-state index contributed by atoms with van der Waals surface area (Å²) in [6, 6.07) is 14.5. The highest BCUT2D eigenvalue weighted by Crippen LogP contribution is 2.41. The van der Waals surface area contributed by atoms with Gasteiger partial charge in [-0.3, -0.25) is 4.79 Å². The van der Waals surface area contributed by atoms with E-state index in [9.17, 15) is 4.79 Å². The summed E-state index contributed by atoms with van der Waals surface area (Å²) in [7, 11) is 0. The Bertz CT molecular complexity index is 625. The molecule has 1 saturated heterocycles. The van der Waals surface area contributed by atoms with Crippen LogP contribution in [0.15, 0.2) is 48.5 Å². The fourth-order valence-corrected chi connectivity index (χ4v) is 2.55. The summed E-state index contributed by atoms with van der Waals surface area (Å²) in [5, 5.41) is 0.873. The van der Waals surface area contributed by atoms with Gasteiger partial charge in [-0.15, -0.1) is 0 Å². The predicted octanol–water partition coefficient (Wildman–Crippen LogP) is 4.32. The van der Waals surface area contributed by atoms with Crippen molar-refractivity contribution >= 4 is 29.0 Å². The topological polar surface area (TPSA) is 29.6 Å². The van der Waals surface area contributed by atoms with Crippen LogP contribution in [0.4, 0.5) is 0 Å². The van der Waals surface area contributed by atoms with Crippen molar-refractivity contribution in [3.63, 3.8) is 0 Å². The van der Waals surface area contributed by atoms with Crippen LogP contribution >= 0.6 is 23.2 Å². The quantitative estimate of drug-likeness (QED) is 0.623. The van der Waals surface area contributed by atoms with Gasteiger partial charge in [0.2, 0.25) is 0 Å². The molecule has 2 aromatic carbocycles. The number of ketones is 1. The zero-order chi connectivity index (χ0) is 13.4. The van der Waals surface area contributed by atoms with E-state index in [1.54, 1.807) is 18.2 Å². The van der Waals surface area contributed by atoms with Crippen LogP contribution in [0.2, 0.25) is 10.0 Å². The molecule has 19 heavy (non-hydrogen) atoms. The number of benzene rings is 2. The maximum atomic E-state index is 12.3. The van der Waals surface area contributed by atoms with Gasteiger partial charge in [-0.1, -0.05) is 53.5 Å². The van der Waals surface area contributed by atoms with E-state index >= 15 is 0 Å². The first-order valence-corrected chi connectivity index (χ1v) is 6.62. The SMILES string of the molecule is O=C(c1ccc(Cl)cc1Cl)C1OC1c1ccccc1. The number of carbonyl (C=O) groups excluding carboxylic acids is 1. The molecule has 1 aliphatic rings. The molecule has 1 heterocycles. The zero-order valence-corrected chi connectivity index (χ0v) is 11.4. The van der Waals surface area contributed by atoms with E-state index in [0.29, 0.717) is 15.6 Å². The van der Waals surface area contributed by atoms with Crippen LogP contribution in [-0.2, 0) is 4.74 Å². The number of hydrogen-bond acceptors (Lipinski definition) is 2. The van der Waals surface area contributed by atoms with Gasteiger partial charge >= 0.3 is 0 Å². The Morgan fingerprint density at radius 2 is 1.79 bits per heavy atom. The van der Waals surface area contributed by atoms with Gasteiger partial charge in [-0.05, 0) is 23.8 Å². The lowest BCUT2D eigenvalue weighted by atomic mass is 10.0. The van der Waals surface area contributed by atoms with Crippen molar-refractivity contribution in [2.45, 2.75) is 12.2 Å². The molecule has 0 amide bonds. The second-order valence-electron chi connectivity index (χ2n) is 4.38. The first-order valence-electron chi connectivity index (χ1n) is 5.86. The van der Waals surface area contributed by atoms with E-state index in [-0.39, 0.29) is 11.9 Å². The third kappa shape index (κ3) is 2.52. The summed E-state index contributed by atoms with van der Waals surface area (Å²) in [4.78, 5) is 12.3. The Kier molecular flexibility index (Phi) is 3.31. The number of Topliss-reactive ketones (excluding diaryl/α,β-unsaturated/α-hetero) is 1. The molecule has 0 N–H and O–H groups in total. The molecule has 96 valence electrons. The van der Waals surface area contributed by atoms with Crippen LogP contribution in [0.1, 0.15) is 22.0 Å². The summed E-state index contributed by atoms with van der Waals surface area (Å²) < 4.78 is 5.46. The molecule has 3 rings (SSSR count). The molecular formula is C15H10Cl2O2. The Morgan fingerprint density at radius 1 is 1.05 bits per heavy atom. The van der Waals surface area contributed by atoms with E-state index in [0.717, 1.165) is 5.56 Å². The Morgan fingerprint density at radius 3 is 2.47 bits per heavy atom. The standard InChI is InChI=1S/C15H10Cl2O2/c16-10-6-7-11(12(17)8-10)13(18)15-14(19-15)9-4-2-1-3-5-9/h1-8,14-15H. The smallest absolute Gasteiger partial charge is 0.196 e. The molecule has 4 heteroatoms. The second-order valence-corrected chi connectivity index (χ2v) is 5.22. The lowest BCUT2D eigenvalue weighted by molar-refractivity contribution is 0.0954. The molecular weight excluding hydrogens is 283 g/mol. The van der Waals surface area contributed by atoms with Crippen molar-refractivity contribution in [3.05, 3.63) is 69.7 Å². The van der Waals surface area contributed by atoms with Crippen LogP contribution in [0.5, 0.6) is 0 Å². The van der Waals surface area contributed by atoms with E-state index in [4.69, 9.17) is 27.9 Å². The van der Waals surface area contributed by atoms with Crippen molar-refractivity contribution in [2.75, 3.05) is 0 Å². The first kappa shape index (κ1) is 12.7. The molecule has 1 fully saturated rings. The lowest BCUT2D eigenvalue weighted by Crippen LogP contribution is -2.08. The minimum Gasteiger partial charge on any atom is -0.356 e. The van der Waals surface area contributed by atoms with Gasteiger partial charge in [-0.25, -0.2) is 0 Å². The second kappa shape index (κ2) is 4.97. The average molecular weight is 293 g/mol. The van der Waals surface area contributed by atoms with Crippen molar-refractivity contribution < 1.29 is 9.53 Å². The summed E-state index contributed by atoms with van der Waals surface area (Å²) in [6.07, 6.45) is -0.610. The van der Waals surface area contributed by atoms with Crippen LogP contribution in [-0.4, -0.2) is 11.9 Å². The van der Waals surface area contributed by atoms with Crippen LogP contribution in [0, 0.1) is 0 Å². The van der Waals surface area contributed by atoms with E-state index in [1.807, 2.05) is 30.3 Å². The predicted molar refractivity (Wildman–Crippen MR) is 74.8 cm³/mol. The molecule has 0 radical (unpaired) electrons. The fourth-order valence-electron chi connectivity index (χ4n) is 2.05. The highest BCUT2D eigenvalue weighted by Gasteiger charge is 2.46. The molecule has 1 aliphatic heterocycles. The molecule has 2 unspecified atom stereocenters. The van der Waals surface area contributed by atoms with Crippen molar-refractivity contribution in [1.29, 1.82) is 0 Å². The summed E-state index contributed by atoms with van der Waals surface area (Å²) in [5.41, 5.74) is 1.46. The minimum absolute atomic E-state index is 0.101. The molecule has 0 aromatic heterocycles. The Hall–Kier alpha value is -1.35. The number of carbonyl (C=O) groups is 1. The van der Waals surface area contributed by atoms with Crippen molar-refractivity contribution in [2.24, 2.45) is 0 Å². The highest BCUT2D eigenvalue weighted by atomic mass is 35.5. The van der Waals surface area contributed by atoms with Crippen LogP contribution in [0.3, 0.4) is 0 Å². The summed E-state index contributed by atoms with van der Waals surface area (Å²) in [5.74, 6) is -0.101. The van der Waals surface area contributed by atoms with E-state index < -0.39 is 6.10 Å². The molecule has 0 spiro atoms. The lowest BCUT2D eigenvalue weighted by Gasteiger charge is -2.01. The van der Waals surface area contributed by atoms with Crippen molar-refractivity contribution in [1.82, 2.24) is 0 Å². The van der Waals surface area contributed by atoms with Crippen LogP contribution in [0.25, 0.3) is 0 Å². The van der Waals surface area contributed by atoms with Gasteiger partial charge in [0.15, 0.2) is 11.9 Å². The Balaban J connectivity index is 1.80. The monoisotopic (exact) mass is 292 g/mol. The van der Waals surface area contributed by atoms with E-state index in [1.165, 1.54) is 0 Å². The van der Waals surface area contributed by atoms with Gasteiger partial charge in [0.05, 0.1) is 5.02 Å². The average Bonchev–Trinajstić information content (AvgIpc) is 3.19. The van der Waals surface area contributed by atoms with Gasteiger partial charge in [-0.2, -0.15) is 0 Å². The molecule has 0 saturated carbocycles. The van der Waals surface area contributed by atoms with E-state index in [2.05, 4.69) is 0 Å². The molecule has 2 nitrogen and oxygen atoms in total. The molecule has 2 atom stereocenters. The van der Waals surface area contributed by atoms with Gasteiger partial charge in [0.1, 0.15) is 6.10 Å². The molecule has 2 aromatic rings. The fraction of sp³-hybridized carbons (Fsp3) is 0.133. The minimum atomic E-state index is -0.443. The summed E-state index contributed by atoms with van der Waals surface area (Å²) >= 11 is 11.8. The van der Waals surface area contributed by atoms with Gasteiger partial charge in [0, 0.05) is 10.6 Å². The summed E-state index contributed by atoms with van der Waals surface area (Å²) in [6.45, 7) is 0. The highest BCUT2D eigenvalue weighted by molar-refractivity contribution is 6.37. The third-order valence-electron chi connectivity index (χ3n) is 3.07. The maximum Gasteiger partial charge on any atom is 0.196 e. The molecule has 0 aliphatic carbocycles. The van der Waals surface area contributed by atoms with Gasteiger partial charge < -0.3 is 4.74 Å². The normalized spacial score (nSPS) is 21.2. The van der Waals surface area contributed by atoms with Crippen LogP contribution < -0.4 is 0 Å². The zero-order valence-electron chi connectivity index (χ0n) is 9.85.